The number of halogens is 3. The van der Waals surface area contributed by atoms with Crippen LogP contribution in [0.2, 0.25) is 0 Å². The van der Waals surface area contributed by atoms with E-state index in [9.17, 15) is 18.3 Å². The van der Waals surface area contributed by atoms with E-state index in [1.807, 2.05) is 0 Å². The molecule has 96 valence electrons. The third-order valence-corrected chi connectivity index (χ3v) is 2.45. The molecule has 0 amide bonds. The lowest BCUT2D eigenvalue weighted by atomic mass is 10.1. The van der Waals surface area contributed by atoms with Gasteiger partial charge in [-0.1, -0.05) is 0 Å². The maximum atomic E-state index is 12.4. The Bertz CT molecular complexity index is 563. The van der Waals surface area contributed by atoms with Gasteiger partial charge < -0.3 is 15.8 Å². The monoisotopic (exact) mass is 257 g/mol. The number of phenolic OH excluding ortho intramolecular Hbond substituents is 1. The number of nitrogens with zero attached hydrogens (tertiary/aromatic N) is 1. The molecule has 0 spiro atoms. The first-order valence-corrected chi connectivity index (χ1v) is 5.06. The van der Waals surface area contributed by atoms with Crippen LogP contribution in [0.3, 0.4) is 0 Å². The van der Waals surface area contributed by atoms with Crippen LogP contribution in [0.4, 0.5) is 13.2 Å². The van der Waals surface area contributed by atoms with Crippen molar-refractivity contribution in [3.8, 4) is 17.0 Å². The lowest BCUT2D eigenvalue weighted by Gasteiger charge is -2.04. The predicted octanol–water partition coefficient (Wildman–Crippen LogP) is 2.26. The van der Waals surface area contributed by atoms with Gasteiger partial charge in [0.2, 0.25) is 5.82 Å². The van der Waals surface area contributed by atoms with Gasteiger partial charge in [0.1, 0.15) is 5.75 Å². The normalized spacial score (nSPS) is 11.8. The molecule has 1 aromatic carbocycles. The zero-order chi connectivity index (χ0) is 13.3. The fraction of sp³-hybridized carbons (Fsp3) is 0.182. The molecule has 4 nitrogen and oxygen atoms in total. The summed E-state index contributed by atoms with van der Waals surface area (Å²) in [5.74, 6) is -1.04. The number of nitrogens with one attached hydrogen (secondary N) is 1. The van der Waals surface area contributed by atoms with Crippen LogP contribution in [0.5, 0.6) is 5.75 Å². The Hall–Kier alpha value is -2.02. The fourth-order valence-corrected chi connectivity index (χ4v) is 1.53. The fourth-order valence-electron chi connectivity index (χ4n) is 1.53. The molecule has 0 radical (unpaired) electrons. The Kier molecular flexibility index (Phi) is 3.00. The number of imidazole rings is 1. The first-order valence-electron chi connectivity index (χ1n) is 5.06. The van der Waals surface area contributed by atoms with E-state index >= 15 is 0 Å². The number of H-pyrrole nitrogens is 1. The van der Waals surface area contributed by atoms with Gasteiger partial charge in [-0.15, -0.1) is 0 Å². The van der Waals surface area contributed by atoms with Crippen molar-refractivity contribution in [1.29, 1.82) is 0 Å². The molecule has 2 aromatic rings. The average molecular weight is 257 g/mol. The van der Waals surface area contributed by atoms with Gasteiger partial charge in [-0.25, -0.2) is 4.98 Å². The number of aromatic hydroxyl groups is 1. The molecule has 0 unspecified atom stereocenters. The van der Waals surface area contributed by atoms with Crippen LogP contribution >= 0.6 is 0 Å². The van der Waals surface area contributed by atoms with Crippen molar-refractivity contribution in [1.82, 2.24) is 9.97 Å². The minimum Gasteiger partial charge on any atom is -0.508 e. The molecule has 7 heteroatoms. The summed E-state index contributed by atoms with van der Waals surface area (Å²) in [6.45, 7) is 0.0972. The van der Waals surface area contributed by atoms with E-state index in [1.54, 1.807) is 0 Å². The highest BCUT2D eigenvalue weighted by Gasteiger charge is 2.34. The zero-order valence-corrected chi connectivity index (χ0v) is 9.12. The SMILES string of the molecule is NCc1cc(-c2cnc(C(F)(F)F)[nH]2)ccc1O. The van der Waals surface area contributed by atoms with E-state index in [1.165, 1.54) is 18.2 Å². The first-order chi connectivity index (χ1) is 8.41. The molecular weight excluding hydrogens is 247 g/mol. The predicted molar refractivity (Wildman–Crippen MR) is 58.6 cm³/mol. The topological polar surface area (TPSA) is 74.9 Å². The van der Waals surface area contributed by atoms with Crippen LogP contribution in [0, 0.1) is 0 Å². The van der Waals surface area contributed by atoms with Crippen molar-refractivity contribution in [2.24, 2.45) is 5.73 Å². The molecule has 0 aliphatic heterocycles. The van der Waals surface area contributed by atoms with Crippen molar-refractivity contribution in [3.63, 3.8) is 0 Å². The first kappa shape index (κ1) is 12.4. The minimum absolute atomic E-state index is 0.0109. The Morgan fingerprint density at radius 2 is 2.06 bits per heavy atom. The van der Waals surface area contributed by atoms with Crippen LogP contribution in [-0.4, -0.2) is 15.1 Å². The molecule has 0 aliphatic rings. The molecule has 18 heavy (non-hydrogen) atoms. The van der Waals surface area contributed by atoms with E-state index in [4.69, 9.17) is 5.73 Å². The summed E-state index contributed by atoms with van der Waals surface area (Å²) in [6, 6.07) is 4.39. The van der Waals surface area contributed by atoms with Crippen molar-refractivity contribution in [2.75, 3.05) is 0 Å². The van der Waals surface area contributed by atoms with Crippen molar-refractivity contribution < 1.29 is 18.3 Å². The van der Waals surface area contributed by atoms with Gasteiger partial charge in [-0.05, 0) is 18.2 Å². The third-order valence-electron chi connectivity index (χ3n) is 2.45. The molecule has 2 rings (SSSR count). The summed E-state index contributed by atoms with van der Waals surface area (Å²) >= 11 is 0. The molecule has 0 saturated heterocycles. The molecule has 0 aliphatic carbocycles. The van der Waals surface area contributed by atoms with Crippen LogP contribution in [0.1, 0.15) is 11.4 Å². The molecule has 0 saturated carbocycles. The van der Waals surface area contributed by atoms with Gasteiger partial charge in [-0.3, -0.25) is 0 Å². The Balaban J connectivity index is 2.40. The summed E-state index contributed by atoms with van der Waals surface area (Å²) in [4.78, 5) is 5.45. The number of alkyl halides is 3. The third kappa shape index (κ3) is 2.30. The number of hydrogen-bond donors (Lipinski definition) is 3. The lowest BCUT2D eigenvalue weighted by Crippen LogP contribution is -2.07. The molecule has 4 N–H and O–H groups in total. The highest BCUT2D eigenvalue weighted by atomic mass is 19.4. The van der Waals surface area contributed by atoms with Crippen molar-refractivity contribution in [3.05, 3.63) is 35.8 Å². The molecule has 1 heterocycles. The summed E-state index contributed by atoms with van der Waals surface area (Å²) < 4.78 is 37.1. The maximum absolute atomic E-state index is 12.4. The molecular formula is C11H10F3N3O. The number of rotatable bonds is 2. The standard InChI is InChI=1S/C11H10F3N3O/c12-11(13,14)10-16-5-8(17-10)6-1-2-9(18)7(3-6)4-15/h1-3,5,18H,4,15H2,(H,16,17). The van der Waals surface area contributed by atoms with Gasteiger partial charge >= 0.3 is 6.18 Å². The van der Waals surface area contributed by atoms with E-state index in [0.717, 1.165) is 6.20 Å². The number of hydrogen-bond acceptors (Lipinski definition) is 3. The zero-order valence-electron chi connectivity index (χ0n) is 9.12. The van der Waals surface area contributed by atoms with Crippen LogP contribution in [-0.2, 0) is 12.7 Å². The summed E-state index contributed by atoms with van der Waals surface area (Å²) in [6.07, 6.45) is -3.42. The van der Waals surface area contributed by atoms with E-state index in [-0.39, 0.29) is 18.0 Å². The van der Waals surface area contributed by atoms with E-state index in [2.05, 4.69) is 9.97 Å². The molecule has 1 aromatic heterocycles. The smallest absolute Gasteiger partial charge is 0.449 e. The summed E-state index contributed by atoms with van der Waals surface area (Å²) in [7, 11) is 0. The largest absolute Gasteiger partial charge is 0.508 e. The van der Waals surface area contributed by atoms with Gasteiger partial charge in [0, 0.05) is 17.7 Å². The molecule has 0 atom stereocenters. The number of aromatic nitrogens is 2. The highest BCUT2D eigenvalue weighted by molar-refractivity contribution is 5.61. The van der Waals surface area contributed by atoms with E-state index < -0.39 is 12.0 Å². The Morgan fingerprint density at radius 1 is 1.33 bits per heavy atom. The van der Waals surface area contributed by atoms with Crippen LogP contribution in [0.15, 0.2) is 24.4 Å². The Morgan fingerprint density at radius 3 is 2.61 bits per heavy atom. The van der Waals surface area contributed by atoms with Crippen molar-refractivity contribution >= 4 is 0 Å². The number of benzene rings is 1. The second-order valence-corrected chi connectivity index (χ2v) is 3.69. The summed E-state index contributed by atoms with van der Waals surface area (Å²) in [5, 5.41) is 9.43. The van der Waals surface area contributed by atoms with Gasteiger partial charge in [0.25, 0.3) is 0 Å². The summed E-state index contributed by atoms with van der Waals surface area (Å²) in [5.41, 5.74) is 6.56. The van der Waals surface area contributed by atoms with E-state index in [0.29, 0.717) is 11.1 Å². The lowest BCUT2D eigenvalue weighted by molar-refractivity contribution is -0.144. The Labute approximate surface area is 100 Å². The van der Waals surface area contributed by atoms with Gasteiger partial charge in [-0.2, -0.15) is 13.2 Å². The second-order valence-electron chi connectivity index (χ2n) is 3.69. The minimum atomic E-state index is -4.51. The average Bonchev–Trinajstić information content (AvgIpc) is 2.78. The number of aromatic amines is 1. The molecule has 0 bridgehead atoms. The highest BCUT2D eigenvalue weighted by Crippen LogP contribution is 2.30. The second kappa shape index (κ2) is 4.34. The van der Waals surface area contributed by atoms with Gasteiger partial charge in [0.05, 0.1) is 11.9 Å². The molecule has 0 fully saturated rings. The van der Waals surface area contributed by atoms with Crippen molar-refractivity contribution in [2.45, 2.75) is 12.7 Å². The quantitative estimate of drug-likeness (QED) is 0.772. The maximum Gasteiger partial charge on any atom is 0.449 e. The van der Waals surface area contributed by atoms with Crippen LogP contribution < -0.4 is 5.73 Å². The van der Waals surface area contributed by atoms with Crippen LogP contribution in [0.25, 0.3) is 11.3 Å². The van der Waals surface area contributed by atoms with Gasteiger partial charge in [0.15, 0.2) is 0 Å². The number of phenols is 1. The number of nitrogens with two attached hydrogens (primary N) is 1.